The molecule has 2 amide bonds. The van der Waals surface area contributed by atoms with Crippen LogP contribution in [0, 0.1) is 10.1 Å². The second-order valence-electron chi connectivity index (χ2n) is 4.96. The van der Waals surface area contributed by atoms with Gasteiger partial charge in [0.2, 0.25) is 11.9 Å². The van der Waals surface area contributed by atoms with Gasteiger partial charge in [-0.25, -0.2) is 9.69 Å². The number of nitrogens with zero attached hydrogens (tertiary/aromatic N) is 2. The van der Waals surface area contributed by atoms with Crippen LogP contribution in [0.4, 0.5) is 4.79 Å². The third-order valence-corrected chi connectivity index (χ3v) is 2.31. The molecule has 7 nitrogen and oxygen atoms in total. The predicted molar refractivity (Wildman–Crippen MR) is 58.0 cm³/mol. The summed E-state index contributed by atoms with van der Waals surface area (Å²) in [5.41, 5.74) is -0.683. The largest absolute Gasteiger partial charge is 0.443 e. The molecule has 0 N–H and O–H groups in total. The Balaban J connectivity index is 2.61. The topological polar surface area (TPSA) is 89.8 Å². The van der Waals surface area contributed by atoms with E-state index in [1.807, 2.05) is 0 Å². The number of imide groups is 1. The van der Waals surface area contributed by atoms with E-state index < -0.39 is 28.6 Å². The van der Waals surface area contributed by atoms with Crippen LogP contribution >= 0.6 is 0 Å². The summed E-state index contributed by atoms with van der Waals surface area (Å²) >= 11 is 0. The molecule has 1 fully saturated rings. The van der Waals surface area contributed by atoms with Gasteiger partial charge in [0.25, 0.3) is 0 Å². The van der Waals surface area contributed by atoms with Crippen molar-refractivity contribution in [2.45, 2.75) is 45.3 Å². The van der Waals surface area contributed by atoms with E-state index in [0.29, 0.717) is 0 Å². The lowest BCUT2D eigenvalue weighted by molar-refractivity contribution is -0.523. The summed E-state index contributed by atoms with van der Waals surface area (Å²) in [7, 11) is 0. The number of carbonyl (C=O) groups is 2. The SMILES string of the molecule is CC(C)(C)OC(=O)N1CCC([N+](=O)[O-])CC1=O. The first-order valence-corrected chi connectivity index (χ1v) is 5.37. The quantitative estimate of drug-likeness (QED) is 0.510. The van der Waals surface area contributed by atoms with E-state index in [0.717, 1.165) is 4.90 Å². The van der Waals surface area contributed by atoms with E-state index in [-0.39, 0.29) is 19.4 Å². The fraction of sp³-hybridized carbons (Fsp3) is 0.800. The van der Waals surface area contributed by atoms with Gasteiger partial charge in [-0.2, -0.15) is 0 Å². The zero-order chi connectivity index (χ0) is 13.2. The highest BCUT2D eigenvalue weighted by molar-refractivity contribution is 5.92. The maximum absolute atomic E-state index is 11.6. The molecular weight excluding hydrogens is 228 g/mol. The van der Waals surface area contributed by atoms with Gasteiger partial charge >= 0.3 is 6.09 Å². The van der Waals surface area contributed by atoms with E-state index >= 15 is 0 Å². The Labute approximate surface area is 98.9 Å². The average molecular weight is 244 g/mol. The minimum Gasteiger partial charge on any atom is -0.443 e. The molecular formula is C10H16N2O5. The van der Waals surface area contributed by atoms with Crippen molar-refractivity contribution < 1.29 is 19.2 Å². The number of nitro groups is 1. The number of rotatable bonds is 1. The Morgan fingerprint density at radius 1 is 1.53 bits per heavy atom. The molecule has 1 atom stereocenters. The second kappa shape index (κ2) is 4.68. The Hall–Kier alpha value is -1.66. The van der Waals surface area contributed by atoms with Crippen LogP contribution in [-0.2, 0) is 9.53 Å². The third-order valence-electron chi connectivity index (χ3n) is 2.31. The molecule has 7 heteroatoms. The summed E-state index contributed by atoms with van der Waals surface area (Å²) in [6, 6.07) is -0.888. The molecule has 1 aliphatic heterocycles. The van der Waals surface area contributed by atoms with Crippen LogP contribution in [0.3, 0.4) is 0 Å². The smallest absolute Gasteiger partial charge is 0.417 e. The number of amides is 2. The maximum atomic E-state index is 11.6. The van der Waals surface area contributed by atoms with Gasteiger partial charge in [-0.05, 0) is 20.8 Å². The average Bonchev–Trinajstić information content (AvgIpc) is 2.14. The molecule has 0 aromatic carbocycles. The predicted octanol–water partition coefficient (Wildman–Crippen LogP) is 1.19. The van der Waals surface area contributed by atoms with Gasteiger partial charge in [0.15, 0.2) is 0 Å². The van der Waals surface area contributed by atoms with Gasteiger partial charge in [-0.15, -0.1) is 0 Å². The van der Waals surface area contributed by atoms with E-state index in [4.69, 9.17) is 4.74 Å². The van der Waals surface area contributed by atoms with Gasteiger partial charge in [-0.3, -0.25) is 14.9 Å². The Bertz CT molecular complexity index is 347. The number of piperidine rings is 1. The van der Waals surface area contributed by atoms with Gasteiger partial charge in [0.1, 0.15) is 5.60 Å². The standard InChI is InChI=1S/C10H16N2O5/c1-10(2,3)17-9(14)11-5-4-7(12(15)16)6-8(11)13/h7H,4-6H2,1-3H3. The highest BCUT2D eigenvalue weighted by Gasteiger charge is 2.37. The number of ether oxygens (including phenoxy) is 1. The van der Waals surface area contributed by atoms with Crippen molar-refractivity contribution in [3.8, 4) is 0 Å². The van der Waals surface area contributed by atoms with E-state index in [9.17, 15) is 19.7 Å². The fourth-order valence-electron chi connectivity index (χ4n) is 1.51. The molecule has 0 bridgehead atoms. The lowest BCUT2D eigenvalue weighted by Crippen LogP contribution is -2.48. The molecule has 1 rings (SSSR count). The van der Waals surface area contributed by atoms with Crippen molar-refractivity contribution in [3.63, 3.8) is 0 Å². The van der Waals surface area contributed by atoms with Crippen molar-refractivity contribution in [1.29, 1.82) is 0 Å². The minimum atomic E-state index is -0.888. The zero-order valence-electron chi connectivity index (χ0n) is 10.1. The van der Waals surface area contributed by atoms with Crippen LogP contribution in [0.1, 0.15) is 33.6 Å². The first-order valence-electron chi connectivity index (χ1n) is 5.37. The van der Waals surface area contributed by atoms with Gasteiger partial charge in [0.05, 0.1) is 6.42 Å². The van der Waals surface area contributed by atoms with Gasteiger partial charge in [-0.1, -0.05) is 0 Å². The molecule has 0 aliphatic carbocycles. The minimum absolute atomic E-state index is 0.0411. The molecule has 1 unspecified atom stereocenters. The normalized spacial score (nSPS) is 21.2. The Morgan fingerprint density at radius 3 is 2.53 bits per heavy atom. The summed E-state index contributed by atoms with van der Waals surface area (Å²) in [6.45, 7) is 5.12. The van der Waals surface area contributed by atoms with Crippen molar-refractivity contribution >= 4 is 12.0 Å². The number of carbonyl (C=O) groups excluding carboxylic acids is 2. The molecule has 96 valence electrons. The molecule has 1 saturated heterocycles. The van der Waals surface area contributed by atoms with Crippen LogP contribution < -0.4 is 0 Å². The number of likely N-dealkylation sites (tertiary alicyclic amines) is 1. The Morgan fingerprint density at radius 2 is 2.12 bits per heavy atom. The van der Waals surface area contributed by atoms with Gasteiger partial charge in [0, 0.05) is 17.9 Å². The Kier molecular flexibility index (Phi) is 3.69. The molecule has 17 heavy (non-hydrogen) atoms. The molecule has 1 aliphatic rings. The van der Waals surface area contributed by atoms with Crippen LogP contribution in [0.2, 0.25) is 0 Å². The highest BCUT2D eigenvalue weighted by Crippen LogP contribution is 2.17. The first kappa shape index (κ1) is 13.4. The molecule has 1 heterocycles. The summed E-state index contributed by atoms with van der Waals surface area (Å²) in [5.74, 6) is -0.549. The molecule has 0 spiro atoms. The van der Waals surface area contributed by atoms with Crippen LogP contribution in [0.15, 0.2) is 0 Å². The maximum Gasteiger partial charge on any atom is 0.417 e. The van der Waals surface area contributed by atoms with E-state index in [1.54, 1.807) is 20.8 Å². The molecule has 0 aromatic heterocycles. The van der Waals surface area contributed by atoms with Crippen molar-refractivity contribution in [1.82, 2.24) is 4.90 Å². The first-order chi connectivity index (χ1) is 7.70. The summed E-state index contributed by atoms with van der Waals surface area (Å²) < 4.78 is 5.04. The highest BCUT2D eigenvalue weighted by atomic mass is 16.6. The monoisotopic (exact) mass is 244 g/mol. The van der Waals surface area contributed by atoms with Crippen LogP contribution in [0.5, 0.6) is 0 Å². The lowest BCUT2D eigenvalue weighted by atomic mass is 10.1. The van der Waals surface area contributed by atoms with Crippen molar-refractivity contribution in [2.75, 3.05) is 6.54 Å². The van der Waals surface area contributed by atoms with Crippen molar-refractivity contribution in [3.05, 3.63) is 10.1 Å². The summed E-state index contributed by atoms with van der Waals surface area (Å²) in [6.07, 6.45) is -0.797. The number of hydrogen-bond donors (Lipinski definition) is 0. The number of hydrogen-bond acceptors (Lipinski definition) is 5. The van der Waals surface area contributed by atoms with E-state index in [1.165, 1.54) is 0 Å². The van der Waals surface area contributed by atoms with Crippen molar-refractivity contribution in [2.24, 2.45) is 0 Å². The fourth-order valence-corrected chi connectivity index (χ4v) is 1.51. The molecule has 0 saturated carbocycles. The third kappa shape index (κ3) is 3.69. The van der Waals surface area contributed by atoms with E-state index in [2.05, 4.69) is 0 Å². The zero-order valence-corrected chi connectivity index (χ0v) is 10.1. The summed E-state index contributed by atoms with van der Waals surface area (Å²) in [4.78, 5) is 34.1. The molecule has 0 radical (unpaired) electrons. The summed E-state index contributed by atoms with van der Waals surface area (Å²) in [5, 5.41) is 10.5. The van der Waals surface area contributed by atoms with Gasteiger partial charge < -0.3 is 4.74 Å². The second-order valence-corrected chi connectivity index (χ2v) is 4.96. The molecule has 0 aromatic rings. The van der Waals surface area contributed by atoms with Crippen LogP contribution in [-0.4, -0.2) is 40.0 Å². The van der Waals surface area contributed by atoms with Crippen LogP contribution in [0.25, 0.3) is 0 Å². The lowest BCUT2D eigenvalue weighted by Gasteiger charge is -2.29.